The smallest absolute Gasteiger partial charge is 0.309 e. The third-order valence-corrected chi connectivity index (χ3v) is 3.95. The van der Waals surface area contributed by atoms with Crippen molar-refractivity contribution in [1.29, 1.82) is 0 Å². The third kappa shape index (κ3) is 3.73. The van der Waals surface area contributed by atoms with Gasteiger partial charge in [-0.15, -0.1) is 0 Å². The second-order valence-corrected chi connectivity index (χ2v) is 5.26. The van der Waals surface area contributed by atoms with Gasteiger partial charge in [0.25, 0.3) is 0 Å². The minimum absolute atomic E-state index is 0.421. The zero-order chi connectivity index (χ0) is 13.6. The Morgan fingerprint density at radius 3 is 2.56 bits per heavy atom. The maximum atomic E-state index is 11.3. The van der Waals surface area contributed by atoms with E-state index in [-0.39, 0.29) is 0 Å². The quantitative estimate of drug-likeness (QED) is 0.823. The molecule has 0 atom stereocenters. The largest absolute Gasteiger partial charge is 0.494 e. The van der Waals surface area contributed by atoms with Crippen LogP contribution in [0.15, 0.2) is 28.7 Å². The standard InChI is InChI=1S/C14H19BrO3/c1-3-14(4-2,13(16)17)8-9-18-12-7-5-6-11(15)10-12/h5-7,10H,3-4,8-9H2,1-2H3,(H,16,17). The van der Waals surface area contributed by atoms with Gasteiger partial charge in [0.05, 0.1) is 12.0 Å². The molecule has 0 radical (unpaired) electrons. The first-order valence-corrected chi connectivity index (χ1v) is 6.95. The van der Waals surface area contributed by atoms with Gasteiger partial charge in [0.15, 0.2) is 0 Å². The van der Waals surface area contributed by atoms with E-state index in [1.54, 1.807) is 0 Å². The minimum atomic E-state index is -0.731. The van der Waals surface area contributed by atoms with Crippen molar-refractivity contribution < 1.29 is 14.6 Å². The lowest BCUT2D eigenvalue weighted by molar-refractivity contribution is -0.150. The van der Waals surface area contributed by atoms with Crippen molar-refractivity contribution in [3.05, 3.63) is 28.7 Å². The maximum Gasteiger partial charge on any atom is 0.309 e. The van der Waals surface area contributed by atoms with Crippen LogP contribution in [0.4, 0.5) is 0 Å². The van der Waals surface area contributed by atoms with Crippen LogP contribution in [0, 0.1) is 5.41 Å². The number of hydrogen-bond acceptors (Lipinski definition) is 2. The molecule has 0 bridgehead atoms. The van der Waals surface area contributed by atoms with Crippen LogP contribution < -0.4 is 4.74 Å². The Labute approximate surface area is 116 Å². The molecule has 0 saturated carbocycles. The van der Waals surface area contributed by atoms with Gasteiger partial charge >= 0.3 is 5.97 Å². The molecule has 100 valence electrons. The number of carboxylic acid groups (broad SMARTS) is 1. The Morgan fingerprint density at radius 2 is 2.06 bits per heavy atom. The monoisotopic (exact) mass is 314 g/mol. The van der Waals surface area contributed by atoms with Crippen LogP contribution in [-0.2, 0) is 4.79 Å². The highest BCUT2D eigenvalue weighted by atomic mass is 79.9. The second-order valence-electron chi connectivity index (χ2n) is 4.35. The SMILES string of the molecule is CCC(CC)(CCOc1cccc(Br)c1)C(=O)O. The van der Waals surface area contributed by atoms with Crippen molar-refractivity contribution >= 4 is 21.9 Å². The van der Waals surface area contributed by atoms with Crippen molar-refractivity contribution in [3.8, 4) is 5.75 Å². The maximum absolute atomic E-state index is 11.3. The van der Waals surface area contributed by atoms with Crippen LogP contribution in [0.25, 0.3) is 0 Å². The lowest BCUT2D eigenvalue weighted by Crippen LogP contribution is -2.31. The van der Waals surface area contributed by atoms with Gasteiger partial charge in [0.1, 0.15) is 5.75 Å². The number of benzene rings is 1. The number of hydrogen-bond donors (Lipinski definition) is 1. The fraction of sp³-hybridized carbons (Fsp3) is 0.500. The number of ether oxygens (including phenoxy) is 1. The number of carboxylic acids is 1. The molecule has 0 aromatic heterocycles. The highest BCUT2D eigenvalue weighted by Crippen LogP contribution is 2.31. The first-order valence-electron chi connectivity index (χ1n) is 6.16. The summed E-state index contributed by atoms with van der Waals surface area (Å²) < 4.78 is 6.56. The predicted molar refractivity (Wildman–Crippen MR) is 74.9 cm³/mol. The van der Waals surface area contributed by atoms with E-state index in [1.165, 1.54) is 0 Å². The van der Waals surface area contributed by atoms with Gasteiger partial charge in [0, 0.05) is 4.47 Å². The van der Waals surface area contributed by atoms with E-state index in [1.807, 2.05) is 38.1 Å². The normalized spacial score (nSPS) is 11.3. The van der Waals surface area contributed by atoms with Gasteiger partial charge in [-0.1, -0.05) is 35.8 Å². The molecule has 0 amide bonds. The van der Waals surface area contributed by atoms with Gasteiger partial charge in [-0.3, -0.25) is 4.79 Å². The van der Waals surface area contributed by atoms with Crippen molar-refractivity contribution in [1.82, 2.24) is 0 Å². The van der Waals surface area contributed by atoms with Crippen molar-refractivity contribution in [2.24, 2.45) is 5.41 Å². The second kappa shape index (κ2) is 6.78. The van der Waals surface area contributed by atoms with E-state index in [4.69, 9.17) is 4.74 Å². The molecule has 18 heavy (non-hydrogen) atoms. The van der Waals surface area contributed by atoms with E-state index in [0.717, 1.165) is 10.2 Å². The van der Waals surface area contributed by atoms with E-state index in [2.05, 4.69) is 15.9 Å². The van der Waals surface area contributed by atoms with Crippen LogP contribution in [0.5, 0.6) is 5.75 Å². The molecule has 0 aliphatic heterocycles. The van der Waals surface area contributed by atoms with E-state index in [0.29, 0.717) is 25.9 Å². The van der Waals surface area contributed by atoms with Gasteiger partial charge in [-0.25, -0.2) is 0 Å². The molecule has 0 saturated heterocycles. The van der Waals surface area contributed by atoms with Crippen molar-refractivity contribution in [2.75, 3.05) is 6.61 Å². The highest BCUT2D eigenvalue weighted by molar-refractivity contribution is 9.10. The Hall–Kier alpha value is -1.03. The third-order valence-electron chi connectivity index (χ3n) is 3.45. The summed E-state index contributed by atoms with van der Waals surface area (Å²) in [6.45, 7) is 4.25. The summed E-state index contributed by atoms with van der Waals surface area (Å²) >= 11 is 3.37. The van der Waals surface area contributed by atoms with Crippen LogP contribution in [-0.4, -0.2) is 17.7 Å². The first-order chi connectivity index (χ1) is 8.54. The molecule has 4 heteroatoms. The summed E-state index contributed by atoms with van der Waals surface area (Å²) in [5.41, 5.74) is -0.661. The van der Waals surface area contributed by atoms with E-state index >= 15 is 0 Å². The van der Waals surface area contributed by atoms with Gasteiger partial charge in [-0.05, 0) is 37.5 Å². The van der Waals surface area contributed by atoms with E-state index < -0.39 is 11.4 Å². The Kier molecular flexibility index (Phi) is 5.66. The molecule has 0 aliphatic rings. The average Bonchev–Trinajstić information content (AvgIpc) is 2.35. The summed E-state index contributed by atoms with van der Waals surface area (Å²) in [7, 11) is 0. The Morgan fingerprint density at radius 1 is 1.39 bits per heavy atom. The van der Waals surface area contributed by atoms with Crippen LogP contribution in [0.3, 0.4) is 0 Å². The van der Waals surface area contributed by atoms with Gasteiger partial charge < -0.3 is 9.84 Å². The van der Waals surface area contributed by atoms with E-state index in [9.17, 15) is 9.90 Å². The molecule has 3 nitrogen and oxygen atoms in total. The summed E-state index contributed by atoms with van der Waals surface area (Å²) in [4.78, 5) is 11.3. The number of carbonyl (C=O) groups is 1. The minimum Gasteiger partial charge on any atom is -0.494 e. The molecule has 1 aromatic carbocycles. The molecule has 1 aromatic rings. The summed E-state index contributed by atoms with van der Waals surface area (Å²) in [6.07, 6.45) is 1.78. The van der Waals surface area contributed by atoms with Crippen LogP contribution in [0.1, 0.15) is 33.1 Å². The predicted octanol–water partition coefficient (Wildman–Crippen LogP) is 4.11. The van der Waals surface area contributed by atoms with Crippen molar-refractivity contribution in [2.45, 2.75) is 33.1 Å². The Balaban J connectivity index is 2.57. The highest BCUT2D eigenvalue weighted by Gasteiger charge is 2.34. The van der Waals surface area contributed by atoms with Crippen LogP contribution in [0.2, 0.25) is 0 Å². The number of halogens is 1. The molecule has 1 rings (SSSR count). The molecule has 0 unspecified atom stereocenters. The van der Waals surface area contributed by atoms with Crippen LogP contribution >= 0.6 is 15.9 Å². The average molecular weight is 315 g/mol. The topological polar surface area (TPSA) is 46.5 Å². The molecular formula is C14H19BrO3. The zero-order valence-corrected chi connectivity index (χ0v) is 12.4. The summed E-state index contributed by atoms with van der Waals surface area (Å²) in [5, 5.41) is 9.30. The number of rotatable bonds is 7. The first kappa shape index (κ1) is 15.0. The number of aliphatic carboxylic acids is 1. The Bertz CT molecular complexity index is 400. The molecule has 0 fully saturated rings. The fourth-order valence-corrected chi connectivity index (χ4v) is 2.31. The summed E-state index contributed by atoms with van der Waals surface area (Å²) in [6, 6.07) is 7.56. The lowest BCUT2D eigenvalue weighted by Gasteiger charge is -2.26. The molecule has 0 aliphatic carbocycles. The van der Waals surface area contributed by atoms with Gasteiger partial charge in [-0.2, -0.15) is 0 Å². The molecular weight excluding hydrogens is 296 g/mol. The fourth-order valence-electron chi connectivity index (χ4n) is 1.93. The van der Waals surface area contributed by atoms with Crippen molar-refractivity contribution in [3.63, 3.8) is 0 Å². The summed E-state index contributed by atoms with van der Waals surface area (Å²) in [5.74, 6) is 0.0289. The van der Waals surface area contributed by atoms with Gasteiger partial charge in [0.2, 0.25) is 0 Å². The zero-order valence-electron chi connectivity index (χ0n) is 10.8. The molecule has 0 heterocycles. The molecule has 0 spiro atoms. The lowest BCUT2D eigenvalue weighted by atomic mass is 9.79. The molecule has 1 N–H and O–H groups in total.